The summed E-state index contributed by atoms with van der Waals surface area (Å²) in [6, 6.07) is 3.37. The lowest BCUT2D eigenvalue weighted by molar-refractivity contribution is -0.117. The first-order valence-corrected chi connectivity index (χ1v) is 6.08. The third-order valence-electron chi connectivity index (χ3n) is 2.98. The first-order valence-electron chi connectivity index (χ1n) is 5.70. The molecule has 1 N–H and O–H groups in total. The van der Waals surface area contributed by atoms with Crippen molar-refractivity contribution in [3.8, 4) is 0 Å². The number of halogens is 1. The van der Waals surface area contributed by atoms with Crippen LogP contribution >= 0.6 is 11.6 Å². The Morgan fingerprint density at radius 3 is 2.71 bits per heavy atom. The number of carbonyl (C=O) groups excluding carboxylic acids is 1. The van der Waals surface area contributed by atoms with Gasteiger partial charge in [0.2, 0.25) is 5.91 Å². The summed E-state index contributed by atoms with van der Waals surface area (Å²) in [7, 11) is 0. The molecule has 1 amide bonds. The number of rotatable bonds is 3. The van der Waals surface area contributed by atoms with Gasteiger partial charge in [-0.05, 0) is 23.5 Å². The summed E-state index contributed by atoms with van der Waals surface area (Å²) in [5.74, 6) is 0.328. The highest BCUT2D eigenvalue weighted by Crippen LogP contribution is 2.28. The Hall–Kier alpha value is -1.09. The summed E-state index contributed by atoms with van der Waals surface area (Å²) < 4.78 is 0. The molecular formula is C13H19ClN2O. The highest BCUT2D eigenvalue weighted by atomic mass is 35.5. The van der Waals surface area contributed by atoms with Crippen LogP contribution in [0.4, 0.5) is 5.69 Å². The lowest BCUT2D eigenvalue weighted by Crippen LogP contribution is -2.23. The second-order valence-corrected chi connectivity index (χ2v) is 5.77. The number of hydrogen-bond acceptors (Lipinski definition) is 2. The van der Waals surface area contributed by atoms with Gasteiger partial charge in [0.05, 0.1) is 0 Å². The molecule has 0 radical (unpaired) electrons. The molecule has 0 spiro atoms. The van der Waals surface area contributed by atoms with Gasteiger partial charge < -0.3 is 5.32 Å². The number of pyridine rings is 1. The summed E-state index contributed by atoms with van der Waals surface area (Å²) >= 11 is 5.74. The molecule has 0 fully saturated rings. The van der Waals surface area contributed by atoms with E-state index in [1.54, 1.807) is 18.3 Å². The Labute approximate surface area is 108 Å². The molecule has 0 aliphatic carbocycles. The van der Waals surface area contributed by atoms with E-state index in [2.05, 4.69) is 38.0 Å². The van der Waals surface area contributed by atoms with Crippen LogP contribution in [0.3, 0.4) is 0 Å². The molecule has 1 unspecified atom stereocenters. The van der Waals surface area contributed by atoms with E-state index in [0.29, 0.717) is 23.2 Å². The molecule has 0 aromatic carbocycles. The Balaban J connectivity index is 2.56. The summed E-state index contributed by atoms with van der Waals surface area (Å²) in [5.41, 5.74) is 0.823. The van der Waals surface area contributed by atoms with Crippen LogP contribution < -0.4 is 5.32 Å². The zero-order valence-electron chi connectivity index (χ0n) is 10.7. The zero-order valence-corrected chi connectivity index (χ0v) is 11.5. The van der Waals surface area contributed by atoms with Crippen LogP contribution in [0.1, 0.15) is 34.1 Å². The minimum Gasteiger partial charge on any atom is -0.326 e. The Kier molecular flexibility index (Phi) is 4.52. The van der Waals surface area contributed by atoms with Gasteiger partial charge in [0.25, 0.3) is 0 Å². The van der Waals surface area contributed by atoms with Crippen molar-refractivity contribution in [1.82, 2.24) is 4.98 Å². The molecule has 1 heterocycles. The number of anilines is 1. The number of nitrogens with one attached hydrogen (secondary N) is 1. The van der Waals surface area contributed by atoms with Gasteiger partial charge in [-0.3, -0.25) is 4.79 Å². The number of aromatic nitrogens is 1. The van der Waals surface area contributed by atoms with Crippen molar-refractivity contribution < 1.29 is 4.79 Å². The van der Waals surface area contributed by atoms with Gasteiger partial charge in [-0.2, -0.15) is 0 Å². The van der Waals surface area contributed by atoms with E-state index in [1.807, 2.05) is 0 Å². The van der Waals surface area contributed by atoms with Crippen LogP contribution in [0, 0.1) is 11.3 Å². The monoisotopic (exact) mass is 254 g/mol. The topological polar surface area (TPSA) is 42.0 Å². The third kappa shape index (κ3) is 4.73. The van der Waals surface area contributed by atoms with E-state index in [4.69, 9.17) is 11.6 Å². The number of hydrogen-bond donors (Lipinski definition) is 1. The van der Waals surface area contributed by atoms with E-state index < -0.39 is 0 Å². The molecule has 1 aromatic heterocycles. The maximum absolute atomic E-state index is 11.8. The molecule has 94 valence electrons. The molecule has 0 bridgehead atoms. The van der Waals surface area contributed by atoms with Crippen molar-refractivity contribution >= 4 is 23.2 Å². The van der Waals surface area contributed by atoms with Crippen LogP contribution in [0.25, 0.3) is 0 Å². The van der Waals surface area contributed by atoms with Gasteiger partial charge in [0.15, 0.2) is 0 Å². The van der Waals surface area contributed by atoms with Crippen molar-refractivity contribution in [2.24, 2.45) is 11.3 Å². The highest BCUT2D eigenvalue weighted by molar-refractivity contribution is 6.29. The lowest BCUT2D eigenvalue weighted by atomic mass is 9.80. The lowest BCUT2D eigenvalue weighted by Gasteiger charge is -2.26. The van der Waals surface area contributed by atoms with E-state index in [-0.39, 0.29) is 11.3 Å². The number of carbonyl (C=O) groups is 1. The minimum atomic E-state index is 0.00897. The largest absolute Gasteiger partial charge is 0.326 e. The van der Waals surface area contributed by atoms with Gasteiger partial charge in [-0.15, -0.1) is 0 Å². The molecule has 1 aromatic rings. The first-order chi connectivity index (χ1) is 7.79. The maximum Gasteiger partial charge on any atom is 0.224 e. The average Bonchev–Trinajstić information content (AvgIpc) is 2.15. The fraction of sp³-hybridized carbons (Fsp3) is 0.538. The van der Waals surface area contributed by atoms with Crippen LogP contribution in [0.2, 0.25) is 5.15 Å². The quantitative estimate of drug-likeness (QED) is 0.835. The number of amides is 1. The van der Waals surface area contributed by atoms with E-state index in [1.165, 1.54) is 0 Å². The predicted octanol–water partition coefficient (Wildman–Crippen LogP) is 3.75. The molecule has 17 heavy (non-hydrogen) atoms. The second-order valence-electron chi connectivity index (χ2n) is 5.39. The van der Waals surface area contributed by atoms with Gasteiger partial charge in [0, 0.05) is 18.3 Å². The molecule has 0 saturated carbocycles. The van der Waals surface area contributed by atoms with Crippen LogP contribution in [0.5, 0.6) is 0 Å². The molecular weight excluding hydrogens is 236 g/mol. The number of nitrogens with zero attached hydrogens (tertiary/aromatic N) is 1. The van der Waals surface area contributed by atoms with Crippen LogP contribution in [0.15, 0.2) is 18.3 Å². The van der Waals surface area contributed by atoms with Crippen molar-refractivity contribution in [1.29, 1.82) is 0 Å². The molecule has 1 rings (SSSR count). The molecule has 1 atom stereocenters. The van der Waals surface area contributed by atoms with Gasteiger partial charge >= 0.3 is 0 Å². The van der Waals surface area contributed by atoms with Crippen LogP contribution in [-0.2, 0) is 4.79 Å². The van der Waals surface area contributed by atoms with Crippen molar-refractivity contribution in [2.45, 2.75) is 34.1 Å². The molecule has 0 aliphatic rings. The summed E-state index contributed by atoms with van der Waals surface area (Å²) in [6.07, 6.45) is 2.08. The SMILES string of the molecule is CC(CC(=O)Nc1ccnc(Cl)c1)C(C)(C)C. The van der Waals surface area contributed by atoms with Gasteiger partial charge in [0.1, 0.15) is 5.15 Å². The van der Waals surface area contributed by atoms with E-state index in [0.717, 1.165) is 0 Å². The summed E-state index contributed by atoms with van der Waals surface area (Å²) in [6.45, 7) is 8.48. The molecule has 0 aliphatic heterocycles. The van der Waals surface area contributed by atoms with Gasteiger partial charge in [-0.1, -0.05) is 39.3 Å². The first kappa shape index (κ1) is 14.0. The fourth-order valence-electron chi connectivity index (χ4n) is 1.28. The smallest absolute Gasteiger partial charge is 0.224 e. The fourth-order valence-corrected chi connectivity index (χ4v) is 1.45. The Bertz CT molecular complexity index is 399. The van der Waals surface area contributed by atoms with Crippen molar-refractivity contribution in [3.05, 3.63) is 23.5 Å². The van der Waals surface area contributed by atoms with E-state index >= 15 is 0 Å². The van der Waals surface area contributed by atoms with Crippen molar-refractivity contribution in [3.63, 3.8) is 0 Å². The van der Waals surface area contributed by atoms with Gasteiger partial charge in [-0.25, -0.2) is 4.98 Å². The highest BCUT2D eigenvalue weighted by Gasteiger charge is 2.22. The summed E-state index contributed by atoms with van der Waals surface area (Å²) in [5, 5.41) is 3.20. The van der Waals surface area contributed by atoms with E-state index in [9.17, 15) is 4.79 Å². The standard InChI is InChI=1S/C13H19ClN2O/c1-9(13(2,3)4)7-12(17)16-10-5-6-15-11(14)8-10/h5-6,8-9H,7H2,1-4H3,(H,15,16,17). The normalized spacial score (nSPS) is 13.2. The molecule has 4 heteroatoms. The van der Waals surface area contributed by atoms with Crippen LogP contribution in [-0.4, -0.2) is 10.9 Å². The Morgan fingerprint density at radius 2 is 2.18 bits per heavy atom. The third-order valence-corrected chi connectivity index (χ3v) is 3.19. The molecule has 0 saturated heterocycles. The Morgan fingerprint density at radius 1 is 1.53 bits per heavy atom. The average molecular weight is 255 g/mol. The predicted molar refractivity (Wildman–Crippen MR) is 71.1 cm³/mol. The molecule has 3 nitrogen and oxygen atoms in total. The van der Waals surface area contributed by atoms with Crippen molar-refractivity contribution in [2.75, 3.05) is 5.32 Å². The summed E-state index contributed by atoms with van der Waals surface area (Å²) in [4.78, 5) is 15.7. The minimum absolute atomic E-state index is 0.00897. The zero-order chi connectivity index (χ0) is 13.1. The second kappa shape index (κ2) is 5.50. The maximum atomic E-state index is 11.8.